The van der Waals surface area contributed by atoms with Crippen LogP contribution in [-0.4, -0.2) is 19.3 Å². The minimum atomic E-state index is -0.351. The van der Waals surface area contributed by atoms with E-state index in [2.05, 4.69) is 125 Å². The molecule has 4 aromatic rings. The molecule has 0 radical (unpaired) electrons. The maximum atomic E-state index is 6.00. The van der Waals surface area contributed by atoms with Gasteiger partial charge in [0, 0.05) is 13.0 Å². The zero-order chi connectivity index (χ0) is 26.5. The fourth-order valence-electron chi connectivity index (χ4n) is 5.52. The van der Waals surface area contributed by atoms with Crippen molar-refractivity contribution in [2.45, 2.75) is 58.5 Å². The summed E-state index contributed by atoms with van der Waals surface area (Å²) in [6.45, 7) is 10.4. The van der Waals surface area contributed by atoms with Crippen LogP contribution < -0.4 is 4.74 Å². The number of hydrogen-bond donors (Lipinski definition) is 0. The maximum Gasteiger partial charge on any atom is 0.119 e. The number of fused-ring (bicyclic) bond motifs is 3. The normalized spacial score (nSPS) is 16.6. The molecule has 1 heterocycles. The highest BCUT2D eigenvalue weighted by molar-refractivity contribution is 5.86. The Hall–Kier alpha value is -3.36. The van der Waals surface area contributed by atoms with Gasteiger partial charge in [-0.25, -0.2) is 0 Å². The average Bonchev–Trinajstić information content (AvgIpc) is 3.24. The Kier molecular flexibility index (Phi) is 8.00. The van der Waals surface area contributed by atoms with Crippen LogP contribution in [0, 0.1) is 12.8 Å². The van der Waals surface area contributed by atoms with Crippen LogP contribution in [0.15, 0.2) is 97.1 Å². The number of benzene rings is 4. The zero-order valence-corrected chi connectivity index (χ0v) is 23.2. The van der Waals surface area contributed by atoms with E-state index in [0.29, 0.717) is 6.61 Å². The van der Waals surface area contributed by atoms with E-state index in [1.807, 2.05) is 0 Å². The van der Waals surface area contributed by atoms with Crippen LogP contribution in [0.1, 0.15) is 67.9 Å². The second-order valence-corrected chi connectivity index (χ2v) is 10.7. The van der Waals surface area contributed by atoms with E-state index < -0.39 is 0 Å². The lowest BCUT2D eigenvalue weighted by Crippen LogP contribution is -2.32. The van der Waals surface area contributed by atoms with E-state index in [0.717, 1.165) is 24.7 Å². The summed E-state index contributed by atoms with van der Waals surface area (Å²) in [4.78, 5) is 0. The first-order valence-corrected chi connectivity index (χ1v) is 14.2. The minimum Gasteiger partial charge on any atom is -0.491 e. The summed E-state index contributed by atoms with van der Waals surface area (Å²) < 4.78 is 11.5. The van der Waals surface area contributed by atoms with Crippen molar-refractivity contribution in [1.82, 2.24) is 0 Å². The molecule has 2 aliphatic rings. The van der Waals surface area contributed by atoms with Crippen LogP contribution in [0.4, 0.5) is 0 Å². The highest BCUT2D eigenvalue weighted by Gasteiger charge is 2.45. The van der Waals surface area contributed by atoms with E-state index in [-0.39, 0.29) is 11.5 Å². The van der Waals surface area contributed by atoms with Gasteiger partial charge in [0.25, 0.3) is 0 Å². The summed E-state index contributed by atoms with van der Waals surface area (Å²) in [5.74, 6) is 1.83. The predicted octanol–water partition coefficient (Wildman–Crippen LogP) is 8.97. The number of aryl methyl sites for hydroxylation is 1. The molecule has 1 unspecified atom stereocenters. The van der Waals surface area contributed by atoms with Gasteiger partial charge in [-0.15, -0.1) is 0 Å². The summed E-state index contributed by atoms with van der Waals surface area (Å²) in [5, 5.41) is 0. The fourth-order valence-corrected chi connectivity index (χ4v) is 5.52. The van der Waals surface area contributed by atoms with Gasteiger partial charge in [-0.3, -0.25) is 0 Å². The summed E-state index contributed by atoms with van der Waals surface area (Å²) in [7, 11) is 0. The van der Waals surface area contributed by atoms with E-state index >= 15 is 0 Å². The van der Waals surface area contributed by atoms with E-state index in [1.54, 1.807) is 0 Å². The lowest BCUT2D eigenvalue weighted by molar-refractivity contribution is -0.0720. The van der Waals surface area contributed by atoms with Gasteiger partial charge in [-0.1, -0.05) is 124 Å². The van der Waals surface area contributed by atoms with Crippen molar-refractivity contribution in [2.75, 3.05) is 13.2 Å². The van der Waals surface area contributed by atoms with E-state index in [4.69, 9.17) is 9.47 Å². The van der Waals surface area contributed by atoms with Crippen molar-refractivity contribution < 1.29 is 9.47 Å². The van der Waals surface area contributed by atoms with E-state index in [9.17, 15) is 0 Å². The van der Waals surface area contributed by atoms with Crippen molar-refractivity contribution in [1.29, 1.82) is 0 Å². The Morgan fingerprint density at radius 2 is 1.26 bits per heavy atom. The second-order valence-electron chi connectivity index (χ2n) is 10.7. The minimum absolute atomic E-state index is 0.238. The molecular formula is C36H40O2. The van der Waals surface area contributed by atoms with Gasteiger partial charge in [0.2, 0.25) is 0 Å². The van der Waals surface area contributed by atoms with Crippen molar-refractivity contribution >= 4 is 0 Å². The third-order valence-corrected chi connectivity index (χ3v) is 8.35. The Labute approximate surface area is 228 Å². The highest BCUT2D eigenvalue weighted by Crippen LogP contribution is 2.56. The van der Waals surface area contributed by atoms with Crippen LogP contribution >= 0.6 is 0 Å². The predicted molar refractivity (Wildman–Crippen MR) is 158 cm³/mol. The molecule has 38 heavy (non-hydrogen) atoms. The molecule has 0 saturated carbocycles. The van der Waals surface area contributed by atoms with Gasteiger partial charge in [0.1, 0.15) is 12.4 Å². The van der Waals surface area contributed by atoms with Crippen LogP contribution in [0.3, 0.4) is 0 Å². The van der Waals surface area contributed by atoms with Crippen molar-refractivity contribution in [3.05, 3.63) is 125 Å². The molecule has 6 rings (SSSR count). The molecular weight excluding hydrogens is 464 g/mol. The maximum absolute atomic E-state index is 6.00. The third-order valence-electron chi connectivity index (χ3n) is 8.35. The quantitative estimate of drug-likeness (QED) is 0.220. The van der Waals surface area contributed by atoms with Crippen LogP contribution in [0.2, 0.25) is 0 Å². The molecule has 2 nitrogen and oxygen atoms in total. The third kappa shape index (κ3) is 4.90. The first-order chi connectivity index (χ1) is 18.6. The molecule has 1 saturated heterocycles. The Bertz CT molecular complexity index is 1280. The summed E-state index contributed by atoms with van der Waals surface area (Å²) in [6.07, 6.45) is 3.98. The molecule has 0 spiro atoms. The molecule has 1 aliphatic heterocycles. The summed E-state index contributed by atoms with van der Waals surface area (Å²) in [5.41, 5.74) is 8.75. The molecule has 0 aromatic heterocycles. The van der Waals surface area contributed by atoms with Crippen molar-refractivity contribution in [2.24, 2.45) is 5.92 Å². The largest absolute Gasteiger partial charge is 0.491 e. The molecule has 196 valence electrons. The molecule has 1 fully saturated rings. The highest BCUT2D eigenvalue weighted by atomic mass is 16.5. The van der Waals surface area contributed by atoms with Gasteiger partial charge in [0.15, 0.2) is 0 Å². The second kappa shape index (κ2) is 11.6. The number of ether oxygens (including phenoxy) is 2. The number of rotatable bonds is 7. The standard InChI is InChI=1S/C30H26O2.C6H14/c1-21-10-12-22(13-11-21)30(23-14-16-24(17-15-23)32-20-25-18-19-31-25)28-8-4-2-6-26(28)27-7-3-5-9-29(27)30;1-4-6(3)5-2/h2-17,25H,18-20H2,1H3;6H,4-5H2,1-3H3. The smallest absolute Gasteiger partial charge is 0.119 e. The molecule has 1 aliphatic carbocycles. The van der Waals surface area contributed by atoms with Crippen molar-refractivity contribution in [3.8, 4) is 16.9 Å². The SMILES string of the molecule is CCC(C)CC.Cc1ccc(C2(c3ccc(OCC4CCO4)cc3)c3ccccc3-c3ccccc32)cc1. The van der Waals surface area contributed by atoms with Crippen molar-refractivity contribution in [3.63, 3.8) is 0 Å². The first-order valence-electron chi connectivity index (χ1n) is 14.2. The first kappa shape index (κ1) is 26.3. The van der Waals surface area contributed by atoms with Crippen LogP contribution in [-0.2, 0) is 10.2 Å². The Morgan fingerprint density at radius 1 is 0.763 bits per heavy atom. The van der Waals surface area contributed by atoms with Gasteiger partial charge in [-0.05, 0) is 58.4 Å². The Balaban J connectivity index is 0.000000443. The summed E-state index contributed by atoms with van der Waals surface area (Å²) >= 11 is 0. The lowest BCUT2D eigenvalue weighted by Gasteiger charge is -2.34. The zero-order valence-electron chi connectivity index (χ0n) is 23.2. The van der Waals surface area contributed by atoms with Gasteiger partial charge in [-0.2, -0.15) is 0 Å². The molecule has 4 aromatic carbocycles. The number of hydrogen-bond acceptors (Lipinski definition) is 2. The lowest BCUT2D eigenvalue weighted by atomic mass is 9.67. The topological polar surface area (TPSA) is 18.5 Å². The van der Waals surface area contributed by atoms with Gasteiger partial charge < -0.3 is 9.47 Å². The summed E-state index contributed by atoms with van der Waals surface area (Å²) in [6, 6.07) is 35.3. The van der Waals surface area contributed by atoms with Crippen LogP contribution in [0.5, 0.6) is 5.75 Å². The average molecular weight is 505 g/mol. The van der Waals surface area contributed by atoms with Gasteiger partial charge in [0.05, 0.1) is 11.5 Å². The fraction of sp³-hybridized carbons (Fsp3) is 0.333. The molecule has 0 bridgehead atoms. The molecule has 2 heteroatoms. The van der Waals surface area contributed by atoms with Gasteiger partial charge >= 0.3 is 0 Å². The molecule has 0 amide bonds. The Morgan fingerprint density at radius 3 is 1.71 bits per heavy atom. The van der Waals surface area contributed by atoms with E-state index in [1.165, 1.54) is 51.8 Å². The monoisotopic (exact) mass is 504 g/mol. The molecule has 0 N–H and O–H groups in total. The molecule has 1 atom stereocenters. The van der Waals surface area contributed by atoms with Crippen LogP contribution in [0.25, 0.3) is 11.1 Å².